The number of aromatic nitrogens is 2. The number of nitrogens with one attached hydrogen (secondary N) is 2. The van der Waals surface area contributed by atoms with E-state index in [-0.39, 0.29) is 0 Å². The van der Waals surface area contributed by atoms with Gasteiger partial charge in [-0.2, -0.15) is 0 Å². The zero-order valence-corrected chi connectivity index (χ0v) is 9.37. The summed E-state index contributed by atoms with van der Waals surface area (Å²) in [7, 11) is 0. The molecule has 2 aliphatic heterocycles. The standard InChI is InChI=1S/C11H17N5/c1-2-13-7-10-9(1)14-8-11(15-10)16-5-3-12-4-6-16/h8,12-13H,1-7H2. The highest BCUT2D eigenvalue weighted by atomic mass is 15.2. The molecule has 1 saturated heterocycles. The SMILES string of the molecule is c1nc2c(nc1N1CCNCC1)CNCC2. The van der Waals surface area contributed by atoms with Crippen molar-refractivity contribution in [1.82, 2.24) is 20.6 Å². The van der Waals surface area contributed by atoms with Crippen LogP contribution in [-0.4, -0.2) is 42.7 Å². The van der Waals surface area contributed by atoms with Crippen molar-refractivity contribution in [2.45, 2.75) is 13.0 Å². The molecule has 86 valence electrons. The highest BCUT2D eigenvalue weighted by Crippen LogP contribution is 2.15. The van der Waals surface area contributed by atoms with E-state index in [2.05, 4.69) is 20.5 Å². The normalized spacial score (nSPS) is 20.6. The molecule has 0 atom stereocenters. The monoisotopic (exact) mass is 219 g/mol. The van der Waals surface area contributed by atoms with Crippen LogP contribution in [0.3, 0.4) is 0 Å². The number of piperazine rings is 1. The highest BCUT2D eigenvalue weighted by molar-refractivity contribution is 5.38. The first-order valence-corrected chi connectivity index (χ1v) is 5.95. The van der Waals surface area contributed by atoms with Gasteiger partial charge in [0.05, 0.1) is 17.6 Å². The molecule has 0 aromatic carbocycles. The van der Waals surface area contributed by atoms with Crippen LogP contribution in [0.5, 0.6) is 0 Å². The van der Waals surface area contributed by atoms with Crippen molar-refractivity contribution < 1.29 is 0 Å². The van der Waals surface area contributed by atoms with Crippen molar-refractivity contribution >= 4 is 5.82 Å². The van der Waals surface area contributed by atoms with Gasteiger partial charge >= 0.3 is 0 Å². The van der Waals surface area contributed by atoms with E-state index in [4.69, 9.17) is 4.98 Å². The molecule has 2 N–H and O–H groups in total. The summed E-state index contributed by atoms with van der Waals surface area (Å²) in [4.78, 5) is 11.5. The van der Waals surface area contributed by atoms with Gasteiger partial charge in [0.15, 0.2) is 0 Å². The minimum Gasteiger partial charge on any atom is -0.353 e. The zero-order valence-electron chi connectivity index (χ0n) is 9.37. The second-order valence-electron chi connectivity index (χ2n) is 4.29. The minimum atomic E-state index is 0.863. The molecule has 5 heteroatoms. The fourth-order valence-corrected chi connectivity index (χ4v) is 2.25. The van der Waals surface area contributed by atoms with Crippen LogP contribution in [0.25, 0.3) is 0 Å². The Morgan fingerprint density at radius 2 is 1.94 bits per heavy atom. The molecule has 1 aromatic rings. The van der Waals surface area contributed by atoms with Crippen molar-refractivity contribution in [2.24, 2.45) is 0 Å². The number of hydrogen-bond acceptors (Lipinski definition) is 5. The molecule has 16 heavy (non-hydrogen) atoms. The third-order valence-electron chi connectivity index (χ3n) is 3.19. The molecule has 3 heterocycles. The highest BCUT2D eigenvalue weighted by Gasteiger charge is 2.16. The van der Waals surface area contributed by atoms with E-state index < -0.39 is 0 Å². The lowest BCUT2D eigenvalue weighted by Gasteiger charge is -2.29. The number of rotatable bonds is 1. The molecule has 3 rings (SSSR count). The fourth-order valence-electron chi connectivity index (χ4n) is 2.25. The van der Waals surface area contributed by atoms with Gasteiger partial charge < -0.3 is 15.5 Å². The zero-order chi connectivity index (χ0) is 10.8. The molecule has 5 nitrogen and oxygen atoms in total. The maximum absolute atomic E-state index is 4.71. The molecule has 0 radical (unpaired) electrons. The van der Waals surface area contributed by atoms with Crippen LogP contribution < -0.4 is 15.5 Å². The first kappa shape index (κ1) is 9.99. The summed E-state index contributed by atoms with van der Waals surface area (Å²) < 4.78 is 0. The Balaban J connectivity index is 1.84. The van der Waals surface area contributed by atoms with Gasteiger partial charge in [-0.25, -0.2) is 4.98 Å². The largest absolute Gasteiger partial charge is 0.353 e. The van der Waals surface area contributed by atoms with Gasteiger partial charge in [-0.3, -0.25) is 4.98 Å². The Morgan fingerprint density at radius 3 is 2.81 bits per heavy atom. The van der Waals surface area contributed by atoms with Crippen LogP contribution >= 0.6 is 0 Å². The summed E-state index contributed by atoms with van der Waals surface area (Å²) in [6.45, 7) is 6.02. The van der Waals surface area contributed by atoms with Crippen LogP contribution in [0.1, 0.15) is 11.4 Å². The van der Waals surface area contributed by atoms with E-state index >= 15 is 0 Å². The smallest absolute Gasteiger partial charge is 0.147 e. The van der Waals surface area contributed by atoms with Crippen LogP contribution in [0.15, 0.2) is 6.20 Å². The van der Waals surface area contributed by atoms with Gasteiger partial charge in [-0.1, -0.05) is 0 Å². The minimum absolute atomic E-state index is 0.863. The molecule has 1 aromatic heterocycles. The lowest BCUT2D eigenvalue weighted by molar-refractivity contribution is 0.575. The van der Waals surface area contributed by atoms with Crippen LogP contribution in [0, 0.1) is 0 Å². The average Bonchev–Trinajstić information content (AvgIpc) is 2.39. The summed E-state index contributed by atoms with van der Waals surface area (Å²) in [5.74, 6) is 1.03. The maximum Gasteiger partial charge on any atom is 0.147 e. The van der Waals surface area contributed by atoms with Crippen molar-refractivity contribution in [3.63, 3.8) is 0 Å². The number of nitrogens with zero attached hydrogens (tertiary/aromatic N) is 3. The van der Waals surface area contributed by atoms with Crippen molar-refractivity contribution in [2.75, 3.05) is 37.6 Å². The van der Waals surface area contributed by atoms with Gasteiger partial charge in [0, 0.05) is 45.7 Å². The van der Waals surface area contributed by atoms with Gasteiger partial charge in [-0.05, 0) is 0 Å². The Kier molecular flexibility index (Phi) is 2.71. The van der Waals surface area contributed by atoms with E-state index in [1.807, 2.05) is 6.20 Å². The second-order valence-corrected chi connectivity index (χ2v) is 4.29. The van der Waals surface area contributed by atoms with E-state index in [1.54, 1.807) is 0 Å². The lowest BCUT2D eigenvalue weighted by atomic mass is 10.2. The van der Waals surface area contributed by atoms with Gasteiger partial charge in [0.1, 0.15) is 5.82 Å². The van der Waals surface area contributed by atoms with Crippen LogP contribution in [0.2, 0.25) is 0 Å². The first-order valence-electron chi connectivity index (χ1n) is 5.95. The predicted octanol–water partition coefficient (Wildman–Crippen LogP) is -0.468. The molecule has 0 amide bonds. The second kappa shape index (κ2) is 4.35. The van der Waals surface area contributed by atoms with Crippen molar-refractivity contribution in [3.8, 4) is 0 Å². The topological polar surface area (TPSA) is 53.1 Å². The summed E-state index contributed by atoms with van der Waals surface area (Å²) in [5.41, 5.74) is 2.29. The van der Waals surface area contributed by atoms with Gasteiger partial charge in [0.2, 0.25) is 0 Å². The molecule has 0 aliphatic carbocycles. The van der Waals surface area contributed by atoms with Gasteiger partial charge in [0.25, 0.3) is 0 Å². The quantitative estimate of drug-likeness (QED) is 0.669. The summed E-state index contributed by atoms with van der Waals surface area (Å²) >= 11 is 0. The fraction of sp³-hybridized carbons (Fsp3) is 0.636. The Hall–Kier alpha value is -1.20. The maximum atomic E-state index is 4.71. The van der Waals surface area contributed by atoms with Crippen molar-refractivity contribution in [1.29, 1.82) is 0 Å². The average molecular weight is 219 g/mol. The molecule has 2 aliphatic rings. The molecule has 0 saturated carbocycles. The first-order chi connectivity index (χ1) is 7.93. The van der Waals surface area contributed by atoms with E-state index in [0.29, 0.717) is 0 Å². The molecular weight excluding hydrogens is 202 g/mol. The van der Waals surface area contributed by atoms with Gasteiger partial charge in [-0.15, -0.1) is 0 Å². The summed E-state index contributed by atoms with van der Waals surface area (Å²) in [6, 6.07) is 0. The lowest BCUT2D eigenvalue weighted by Crippen LogP contribution is -2.44. The molecule has 1 fully saturated rings. The summed E-state index contributed by atoms with van der Waals surface area (Å²) in [5, 5.41) is 6.68. The predicted molar refractivity (Wildman–Crippen MR) is 62.5 cm³/mol. The Bertz CT molecular complexity index is 373. The van der Waals surface area contributed by atoms with E-state index in [1.165, 1.54) is 0 Å². The van der Waals surface area contributed by atoms with Crippen LogP contribution in [-0.2, 0) is 13.0 Å². The van der Waals surface area contributed by atoms with E-state index in [9.17, 15) is 0 Å². The van der Waals surface area contributed by atoms with Crippen molar-refractivity contribution in [3.05, 3.63) is 17.6 Å². The molecule has 0 bridgehead atoms. The molecule has 0 spiro atoms. The Morgan fingerprint density at radius 1 is 1.06 bits per heavy atom. The van der Waals surface area contributed by atoms with Crippen LogP contribution in [0.4, 0.5) is 5.82 Å². The number of anilines is 1. The van der Waals surface area contributed by atoms with E-state index in [0.717, 1.165) is 62.9 Å². The summed E-state index contributed by atoms with van der Waals surface area (Å²) in [6.07, 6.45) is 2.93. The number of hydrogen-bond donors (Lipinski definition) is 2. The number of fused-ring (bicyclic) bond motifs is 1. The molecule has 0 unspecified atom stereocenters. The third-order valence-corrected chi connectivity index (χ3v) is 3.19. The third kappa shape index (κ3) is 1.88. The molecular formula is C11H17N5. The Labute approximate surface area is 95.3 Å².